The summed E-state index contributed by atoms with van der Waals surface area (Å²) in [5.41, 5.74) is 0.117. The van der Waals surface area contributed by atoms with Crippen molar-refractivity contribution in [2.24, 2.45) is 0 Å². The van der Waals surface area contributed by atoms with Crippen LogP contribution in [0.25, 0.3) is 10.8 Å². The highest BCUT2D eigenvalue weighted by Crippen LogP contribution is 2.33. The van der Waals surface area contributed by atoms with E-state index in [-0.39, 0.29) is 48.6 Å². The number of amides is 2. The molecule has 0 spiro atoms. The van der Waals surface area contributed by atoms with Gasteiger partial charge in [-0.1, -0.05) is 24.3 Å². The predicted octanol–water partition coefficient (Wildman–Crippen LogP) is 3.76. The fourth-order valence-electron chi connectivity index (χ4n) is 5.52. The molecule has 0 bridgehead atoms. The van der Waals surface area contributed by atoms with Gasteiger partial charge in [0.05, 0.1) is 28.9 Å². The Hall–Kier alpha value is -4.55. The third kappa shape index (κ3) is 4.85. The van der Waals surface area contributed by atoms with Crippen molar-refractivity contribution in [3.05, 3.63) is 92.7 Å². The second-order valence-corrected chi connectivity index (χ2v) is 10.1. The molecule has 0 unspecified atom stereocenters. The van der Waals surface area contributed by atoms with Crippen LogP contribution in [-0.2, 0) is 25.7 Å². The van der Waals surface area contributed by atoms with Crippen molar-refractivity contribution < 1.29 is 27.2 Å². The minimum absolute atomic E-state index is 0.0192. The minimum atomic E-state index is -4.79. The minimum Gasteiger partial charge on any atom is -0.337 e. The van der Waals surface area contributed by atoms with Gasteiger partial charge in [0.1, 0.15) is 5.82 Å². The van der Waals surface area contributed by atoms with E-state index in [1.54, 1.807) is 24.3 Å². The number of alkyl halides is 3. The lowest BCUT2D eigenvalue weighted by molar-refractivity contribution is -0.147. The maximum atomic E-state index is 15.0. The molecule has 212 valence electrons. The largest absolute Gasteiger partial charge is 0.449 e. The highest BCUT2D eigenvalue weighted by molar-refractivity contribution is 5.96. The van der Waals surface area contributed by atoms with Gasteiger partial charge in [-0.2, -0.15) is 18.3 Å². The number of hydrogen-bond donors (Lipinski definition) is 1. The summed E-state index contributed by atoms with van der Waals surface area (Å²) in [7, 11) is 0. The zero-order chi connectivity index (χ0) is 28.9. The molecule has 13 heteroatoms. The van der Waals surface area contributed by atoms with Gasteiger partial charge in [-0.3, -0.25) is 14.4 Å². The third-order valence-electron chi connectivity index (χ3n) is 7.55. The topological polar surface area (TPSA) is 104 Å². The van der Waals surface area contributed by atoms with Crippen molar-refractivity contribution in [2.45, 2.75) is 38.5 Å². The molecule has 0 saturated carbocycles. The zero-order valence-corrected chi connectivity index (χ0v) is 21.7. The number of aromatic nitrogens is 4. The van der Waals surface area contributed by atoms with Gasteiger partial charge >= 0.3 is 6.18 Å². The number of rotatable bonds is 4. The SMILES string of the molecule is O=C(c1cc(Cc2n[nH]c(=O)c3ccccc23)ccc1F)N1CCn2c(C(F)(F)F)nc(C(=O)N3CCCC3)c2C1. The van der Waals surface area contributed by atoms with Crippen molar-refractivity contribution >= 4 is 22.6 Å². The predicted molar refractivity (Wildman–Crippen MR) is 139 cm³/mol. The van der Waals surface area contributed by atoms with Gasteiger partial charge in [-0.15, -0.1) is 0 Å². The maximum Gasteiger partial charge on any atom is 0.449 e. The number of carbonyl (C=O) groups excluding carboxylic acids is 2. The second-order valence-electron chi connectivity index (χ2n) is 10.1. The summed E-state index contributed by atoms with van der Waals surface area (Å²) in [6.45, 7) is 0.148. The summed E-state index contributed by atoms with van der Waals surface area (Å²) < 4.78 is 57.2. The molecule has 0 atom stereocenters. The Bertz CT molecular complexity index is 1740. The first-order chi connectivity index (χ1) is 19.6. The van der Waals surface area contributed by atoms with Crippen molar-refractivity contribution in [1.82, 2.24) is 29.5 Å². The number of aromatic amines is 1. The van der Waals surface area contributed by atoms with Crippen LogP contribution in [0.1, 0.15) is 56.5 Å². The Kier molecular flexibility index (Phi) is 6.59. The quantitative estimate of drug-likeness (QED) is 0.378. The summed E-state index contributed by atoms with van der Waals surface area (Å²) in [5, 5.41) is 7.64. The van der Waals surface area contributed by atoms with Gasteiger partial charge in [-0.05, 0) is 36.6 Å². The van der Waals surface area contributed by atoms with Gasteiger partial charge < -0.3 is 14.4 Å². The summed E-state index contributed by atoms with van der Waals surface area (Å²) in [4.78, 5) is 45.1. The summed E-state index contributed by atoms with van der Waals surface area (Å²) in [6, 6.07) is 10.9. The van der Waals surface area contributed by atoms with Crippen molar-refractivity contribution in [3.63, 3.8) is 0 Å². The molecule has 41 heavy (non-hydrogen) atoms. The number of nitrogens with one attached hydrogen (secondary N) is 1. The fourth-order valence-corrected chi connectivity index (χ4v) is 5.52. The number of halogens is 4. The third-order valence-corrected chi connectivity index (χ3v) is 7.55. The molecule has 4 aromatic rings. The number of fused-ring (bicyclic) bond motifs is 2. The van der Waals surface area contributed by atoms with Crippen LogP contribution < -0.4 is 5.56 Å². The standard InChI is InChI=1S/C28H24F4N6O3/c29-20-8-7-16(14-21-17-5-1-2-6-18(17)24(39)35-34-21)13-19(20)25(40)37-11-12-38-22(15-37)23(33-27(38)28(30,31)32)26(41)36-9-3-4-10-36/h1-2,5-8,13H,3-4,9-12,14-15H2,(H,35,39). The Morgan fingerprint density at radius 3 is 2.39 bits per heavy atom. The van der Waals surface area contributed by atoms with E-state index in [0.717, 1.165) is 23.5 Å². The fraction of sp³-hybridized carbons (Fsp3) is 0.321. The van der Waals surface area contributed by atoms with E-state index in [4.69, 9.17) is 0 Å². The molecule has 1 saturated heterocycles. The van der Waals surface area contributed by atoms with Crippen LogP contribution in [0.2, 0.25) is 0 Å². The van der Waals surface area contributed by atoms with Gasteiger partial charge in [0.25, 0.3) is 17.4 Å². The average Bonchev–Trinajstić information content (AvgIpc) is 3.63. The van der Waals surface area contributed by atoms with Crippen LogP contribution in [0.3, 0.4) is 0 Å². The molecule has 9 nitrogen and oxygen atoms in total. The van der Waals surface area contributed by atoms with Gasteiger partial charge in [-0.25, -0.2) is 14.5 Å². The van der Waals surface area contributed by atoms with E-state index >= 15 is 0 Å². The first-order valence-corrected chi connectivity index (χ1v) is 13.1. The molecule has 1 fully saturated rings. The van der Waals surface area contributed by atoms with Crippen molar-refractivity contribution in [1.29, 1.82) is 0 Å². The monoisotopic (exact) mass is 568 g/mol. The van der Waals surface area contributed by atoms with Crippen LogP contribution in [0.4, 0.5) is 17.6 Å². The van der Waals surface area contributed by atoms with Crippen LogP contribution >= 0.6 is 0 Å². The molecule has 2 aromatic heterocycles. The number of imidazole rings is 1. The highest BCUT2D eigenvalue weighted by Gasteiger charge is 2.42. The van der Waals surface area contributed by atoms with E-state index in [0.29, 0.717) is 35.1 Å². The summed E-state index contributed by atoms with van der Waals surface area (Å²) in [6.07, 6.45) is -3.10. The maximum absolute atomic E-state index is 15.0. The molecule has 2 aliphatic heterocycles. The molecular weight excluding hydrogens is 544 g/mol. The number of nitrogens with zero attached hydrogens (tertiary/aromatic N) is 5. The van der Waals surface area contributed by atoms with E-state index in [1.807, 2.05) is 0 Å². The lowest BCUT2D eigenvalue weighted by Gasteiger charge is -2.30. The number of carbonyl (C=O) groups is 2. The van der Waals surface area contributed by atoms with Crippen LogP contribution in [0.15, 0.2) is 47.3 Å². The molecule has 2 aromatic carbocycles. The molecule has 2 aliphatic rings. The Balaban J connectivity index is 1.30. The number of H-pyrrole nitrogens is 1. The molecule has 4 heterocycles. The Labute approximate surface area is 230 Å². The van der Waals surface area contributed by atoms with Crippen molar-refractivity contribution in [2.75, 3.05) is 19.6 Å². The summed E-state index contributed by atoms with van der Waals surface area (Å²) >= 11 is 0. The van der Waals surface area contributed by atoms with Crippen LogP contribution in [0, 0.1) is 5.82 Å². The average molecular weight is 569 g/mol. The molecule has 1 N–H and O–H groups in total. The van der Waals surface area contributed by atoms with Crippen LogP contribution in [-0.4, -0.2) is 61.0 Å². The molecular formula is C28H24F4N6O3. The Morgan fingerprint density at radius 2 is 1.66 bits per heavy atom. The van der Waals surface area contributed by atoms with E-state index in [2.05, 4.69) is 15.2 Å². The Morgan fingerprint density at radius 1 is 0.927 bits per heavy atom. The number of likely N-dealkylation sites (tertiary alicyclic amines) is 1. The molecule has 0 aliphatic carbocycles. The molecule has 0 radical (unpaired) electrons. The van der Waals surface area contributed by atoms with Crippen molar-refractivity contribution in [3.8, 4) is 0 Å². The molecule has 6 rings (SSSR count). The first-order valence-electron chi connectivity index (χ1n) is 13.1. The van der Waals surface area contributed by atoms with E-state index < -0.39 is 29.6 Å². The lowest BCUT2D eigenvalue weighted by Crippen LogP contribution is -2.40. The lowest BCUT2D eigenvalue weighted by atomic mass is 10.0. The van der Waals surface area contributed by atoms with Gasteiger partial charge in [0.15, 0.2) is 5.69 Å². The highest BCUT2D eigenvalue weighted by atomic mass is 19.4. The number of benzene rings is 2. The normalized spacial score (nSPS) is 15.4. The molecule has 2 amide bonds. The first kappa shape index (κ1) is 26.7. The smallest absolute Gasteiger partial charge is 0.337 e. The second kappa shape index (κ2) is 10.1. The number of hydrogen-bond acceptors (Lipinski definition) is 5. The van der Waals surface area contributed by atoms with Crippen LogP contribution in [0.5, 0.6) is 0 Å². The van der Waals surface area contributed by atoms with E-state index in [1.165, 1.54) is 21.9 Å². The zero-order valence-electron chi connectivity index (χ0n) is 21.7. The van der Waals surface area contributed by atoms with Gasteiger partial charge in [0, 0.05) is 38.0 Å². The van der Waals surface area contributed by atoms with Gasteiger partial charge in [0.2, 0.25) is 5.82 Å². The summed E-state index contributed by atoms with van der Waals surface area (Å²) in [5.74, 6) is -3.30. The van der Waals surface area contributed by atoms with E-state index in [9.17, 15) is 31.9 Å².